The molecule has 47 heavy (non-hydrogen) atoms. The standard InChI is InChI=1S/C35H41N5O7/c41-31(38-21-29(32(42)43)39-33(44)35(16-8-9-17-35)26-13-5-2-6-14-26)24-46-28-19-27(20-37-30-15-7-10-18-36-30)40(22-28)34(45)47-23-25-11-3-1-4-12-25/h1-7,10-15,18,27-29H,8-9,16-17,19-24H2,(H,36,37)(H,38,41)(H,39,44)(H,42,43). The van der Waals surface area contributed by atoms with Crippen molar-refractivity contribution in [3.05, 3.63) is 96.2 Å². The van der Waals surface area contributed by atoms with Crippen molar-refractivity contribution in [3.8, 4) is 0 Å². The molecule has 12 nitrogen and oxygen atoms in total. The van der Waals surface area contributed by atoms with Crippen LogP contribution in [0.15, 0.2) is 85.1 Å². The van der Waals surface area contributed by atoms with Crippen LogP contribution in [-0.4, -0.2) is 83.3 Å². The van der Waals surface area contributed by atoms with Gasteiger partial charge in [-0.05, 0) is 42.5 Å². The highest BCUT2D eigenvalue weighted by atomic mass is 16.6. The van der Waals surface area contributed by atoms with Crippen LogP contribution in [0.3, 0.4) is 0 Å². The van der Waals surface area contributed by atoms with Gasteiger partial charge in [0.05, 0.1) is 24.1 Å². The number of carbonyl (C=O) groups excluding carboxylic acids is 3. The minimum atomic E-state index is -1.31. The van der Waals surface area contributed by atoms with Crippen LogP contribution in [0.1, 0.15) is 43.2 Å². The largest absolute Gasteiger partial charge is 0.480 e. The fourth-order valence-corrected chi connectivity index (χ4v) is 6.24. The van der Waals surface area contributed by atoms with E-state index >= 15 is 0 Å². The highest BCUT2D eigenvalue weighted by Gasteiger charge is 2.44. The molecule has 1 saturated carbocycles. The number of amides is 3. The van der Waals surface area contributed by atoms with Crippen molar-refractivity contribution in [1.29, 1.82) is 0 Å². The van der Waals surface area contributed by atoms with Gasteiger partial charge in [0.2, 0.25) is 11.8 Å². The number of pyridine rings is 1. The van der Waals surface area contributed by atoms with Gasteiger partial charge in [-0.25, -0.2) is 14.6 Å². The van der Waals surface area contributed by atoms with Gasteiger partial charge in [0.15, 0.2) is 0 Å². The van der Waals surface area contributed by atoms with E-state index in [2.05, 4.69) is 20.9 Å². The SMILES string of the molecule is O=C(COC1CC(CNc2ccccn2)N(C(=O)OCc2ccccc2)C1)NCC(NC(=O)C1(c2ccccc2)CCCC1)C(=O)O. The van der Waals surface area contributed by atoms with Gasteiger partial charge in [-0.1, -0.05) is 79.6 Å². The summed E-state index contributed by atoms with van der Waals surface area (Å²) in [6.45, 7) is 0.0939. The Hall–Kier alpha value is -4.97. The number of nitrogens with one attached hydrogen (secondary N) is 3. The molecule has 2 fully saturated rings. The molecule has 1 aliphatic heterocycles. The normalized spacial score (nSPS) is 19.0. The molecular weight excluding hydrogens is 602 g/mol. The monoisotopic (exact) mass is 643 g/mol. The molecule has 4 N–H and O–H groups in total. The molecule has 2 aliphatic rings. The van der Waals surface area contributed by atoms with Crippen LogP contribution in [0.4, 0.5) is 10.6 Å². The number of hydrogen-bond acceptors (Lipinski definition) is 8. The van der Waals surface area contributed by atoms with Crippen LogP contribution in [0.2, 0.25) is 0 Å². The summed E-state index contributed by atoms with van der Waals surface area (Å²) in [5.41, 5.74) is 0.933. The lowest BCUT2D eigenvalue weighted by atomic mass is 9.78. The van der Waals surface area contributed by atoms with Gasteiger partial charge in [0, 0.05) is 19.3 Å². The highest BCUT2D eigenvalue weighted by molar-refractivity contribution is 5.92. The van der Waals surface area contributed by atoms with Gasteiger partial charge < -0.3 is 35.4 Å². The number of aromatic nitrogens is 1. The van der Waals surface area contributed by atoms with Crippen molar-refractivity contribution in [1.82, 2.24) is 20.5 Å². The van der Waals surface area contributed by atoms with Crippen molar-refractivity contribution in [3.63, 3.8) is 0 Å². The van der Waals surface area contributed by atoms with E-state index in [1.54, 1.807) is 11.1 Å². The minimum Gasteiger partial charge on any atom is -0.480 e. The molecule has 3 aromatic rings. The number of carboxylic acids is 1. The first-order valence-electron chi connectivity index (χ1n) is 15.9. The number of rotatable bonds is 14. The number of ether oxygens (including phenoxy) is 2. The molecule has 1 aliphatic carbocycles. The van der Waals surface area contributed by atoms with E-state index in [4.69, 9.17) is 9.47 Å². The maximum absolute atomic E-state index is 13.5. The van der Waals surface area contributed by atoms with Gasteiger partial charge in [-0.3, -0.25) is 9.59 Å². The summed E-state index contributed by atoms with van der Waals surface area (Å²) < 4.78 is 11.5. The van der Waals surface area contributed by atoms with Gasteiger partial charge in [0.25, 0.3) is 0 Å². The molecule has 5 rings (SSSR count). The molecule has 2 heterocycles. The fourth-order valence-electron chi connectivity index (χ4n) is 6.24. The summed E-state index contributed by atoms with van der Waals surface area (Å²) in [6, 6.07) is 22.7. The van der Waals surface area contributed by atoms with Gasteiger partial charge in [-0.15, -0.1) is 0 Å². The van der Waals surface area contributed by atoms with Gasteiger partial charge in [-0.2, -0.15) is 0 Å². The fraction of sp³-hybridized carbons (Fsp3) is 0.400. The Labute approximate surface area is 273 Å². The molecule has 12 heteroatoms. The van der Waals surface area contributed by atoms with Crippen LogP contribution < -0.4 is 16.0 Å². The predicted molar refractivity (Wildman–Crippen MR) is 173 cm³/mol. The summed E-state index contributed by atoms with van der Waals surface area (Å²) in [6.07, 6.45) is 4.18. The van der Waals surface area contributed by atoms with E-state index in [9.17, 15) is 24.3 Å². The zero-order valence-corrected chi connectivity index (χ0v) is 26.2. The molecule has 0 bridgehead atoms. The molecule has 248 valence electrons. The second-order valence-corrected chi connectivity index (χ2v) is 11.9. The lowest BCUT2D eigenvalue weighted by Gasteiger charge is -2.30. The van der Waals surface area contributed by atoms with E-state index in [-0.39, 0.29) is 38.3 Å². The highest BCUT2D eigenvalue weighted by Crippen LogP contribution is 2.41. The first kappa shape index (κ1) is 33.4. The first-order chi connectivity index (χ1) is 22.8. The minimum absolute atomic E-state index is 0.123. The maximum Gasteiger partial charge on any atom is 0.410 e. The number of hydrogen-bond donors (Lipinski definition) is 4. The zero-order valence-electron chi connectivity index (χ0n) is 26.2. The molecule has 0 radical (unpaired) electrons. The smallest absolute Gasteiger partial charge is 0.410 e. The second-order valence-electron chi connectivity index (χ2n) is 11.9. The number of carbonyl (C=O) groups is 4. The summed E-state index contributed by atoms with van der Waals surface area (Å²) in [5, 5.41) is 18.3. The molecule has 3 atom stereocenters. The number of carboxylic acid groups (broad SMARTS) is 1. The molecule has 2 aromatic carbocycles. The second kappa shape index (κ2) is 16.0. The van der Waals surface area contributed by atoms with E-state index in [1.165, 1.54) is 0 Å². The third-order valence-electron chi connectivity index (χ3n) is 8.77. The van der Waals surface area contributed by atoms with Crippen LogP contribution >= 0.6 is 0 Å². The van der Waals surface area contributed by atoms with Crippen molar-refractivity contribution < 1.29 is 33.8 Å². The molecule has 1 saturated heterocycles. The van der Waals surface area contributed by atoms with Crippen LogP contribution in [0, 0.1) is 0 Å². The quantitative estimate of drug-likeness (QED) is 0.206. The third-order valence-corrected chi connectivity index (χ3v) is 8.77. The van der Waals surface area contributed by atoms with Crippen molar-refractivity contribution >= 4 is 29.7 Å². The summed E-state index contributed by atoms with van der Waals surface area (Å²) in [5.74, 6) is -1.46. The Morgan fingerprint density at radius 2 is 1.66 bits per heavy atom. The van der Waals surface area contributed by atoms with Crippen LogP contribution in [0.25, 0.3) is 0 Å². The molecule has 3 amide bonds. The maximum atomic E-state index is 13.5. The number of nitrogens with zero attached hydrogens (tertiary/aromatic N) is 2. The average Bonchev–Trinajstić information content (AvgIpc) is 3.77. The first-order valence-corrected chi connectivity index (χ1v) is 15.9. The number of likely N-dealkylation sites (tertiary alicyclic amines) is 1. The van der Waals surface area contributed by atoms with Crippen molar-refractivity contribution in [2.24, 2.45) is 0 Å². The average molecular weight is 644 g/mol. The Morgan fingerprint density at radius 3 is 2.34 bits per heavy atom. The third kappa shape index (κ3) is 8.85. The van der Waals surface area contributed by atoms with E-state index in [1.807, 2.05) is 78.9 Å². The van der Waals surface area contributed by atoms with E-state index < -0.39 is 35.5 Å². The Balaban J connectivity index is 1.13. The molecule has 1 aromatic heterocycles. The Bertz CT molecular complexity index is 1490. The van der Waals surface area contributed by atoms with Crippen molar-refractivity contribution in [2.75, 3.05) is 31.6 Å². The van der Waals surface area contributed by atoms with Crippen molar-refractivity contribution in [2.45, 2.75) is 62.3 Å². The predicted octanol–water partition coefficient (Wildman–Crippen LogP) is 3.49. The summed E-state index contributed by atoms with van der Waals surface area (Å²) in [4.78, 5) is 57.2. The number of anilines is 1. The topological polar surface area (TPSA) is 159 Å². The van der Waals surface area contributed by atoms with E-state index in [0.29, 0.717) is 31.6 Å². The van der Waals surface area contributed by atoms with E-state index in [0.717, 1.165) is 24.0 Å². The summed E-state index contributed by atoms with van der Waals surface area (Å²) in [7, 11) is 0. The molecular formula is C35H41N5O7. The number of benzene rings is 2. The zero-order chi connectivity index (χ0) is 33.1. The lowest BCUT2D eigenvalue weighted by molar-refractivity contribution is -0.143. The lowest BCUT2D eigenvalue weighted by Crippen LogP contribution is -2.54. The molecule has 3 unspecified atom stereocenters. The Morgan fingerprint density at radius 1 is 0.957 bits per heavy atom. The Kier molecular flexibility index (Phi) is 11.4. The van der Waals surface area contributed by atoms with Gasteiger partial charge >= 0.3 is 12.1 Å². The number of aliphatic carboxylic acids is 1. The summed E-state index contributed by atoms with van der Waals surface area (Å²) >= 11 is 0. The van der Waals surface area contributed by atoms with Crippen LogP contribution in [0.5, 0.6) is 0 Å². The van der Waals surface area contributed by atoms with Crippen LogP contribution in [-0.2, 0) is 35.9 Å². The van der Waals surface area contributed by atoms with Gasteiger partial charge in [0.1, 0.15) is 25.1 Å². The molecule has 0 spiro atoms.